The molecule has 3 heteroatoms. The maximum atomic E-state index is 6.00. The maximum Gasteiger partial charge on any atom is 0.143 e. The minimum absolute atomic E-state index is 0.0859. The highest BCUT2D eigenvalue weighted by molar-refractivity contribution is 5.32. The van der Waals surface area contributed by atoms with Crippen LogP contribution in [-0.4, -0.2) is 17.1 Å². The normalized spacial score (nSPS) is 27.6. The molecule has 0 amide bonds. The molecule has 1 atom stereocenters. The number of hydrogen-bond acceptors (Lipinski definition) is 3. The lowest BCUT2D eigenvalue weighted by Crippen LogP contribution is -2.31. The Morgan fingerprint density at radius 3 is 3.21 bits per heavy atom. The molecule has 1 spiro atoms. The zero-order chi connectivity index (χ0) is 9.60. The fourth-order valence-electron chi connectivity index (χ4n) is 1.94. The van der Waals surface area contributed by atoms with Crippen LogP contribution in [0.4, 0.5) is 0 Å². The van der Waals surface area contributed by atoms with Crippen molar-refractivity contribution in [3.8, 4) is 5.75 Å². The predicted molar refractivity (Wildman–Crippen MR) is 53.2 cm³/mol. The van der Waals surface area contributed by atoms with Crippen LogP contribution in [0.15, 0.2) is 18.3 Å². The molecular weight excluding hydrogens is 176 g/mol. The van der Waals surface area contributed by atoms with Crippen LogP contribution in [0.25, 0.3) is 0 Å². The number of nitrogens with zero attached hydrogens (tertiary/aromatic N) is 1. The zero-order valence-electron chi connectivity index (χ0n) is 8.29. The lowest BCUT2D eigenvalue weighted by Gasteiger charge is -2.14. The van der Waals surface area contributed by atoms with E-state index in [9.17, 15) is 0 Å². The highest BCUT2D eigenvalue weighted by Crippen LogP contribution is 2.43. The van der Waals surface area contributed by atoms with E-state index >= 15 is 0 Å². The molecule has 1 aliphatic heterocycles. The zero-order valence-corrected chi connectivity index (χ0v) is 8.29. The van der Waals surface area contributed by atoms with Crippen molar-refractivity contribution < 1.29 is 4.74 Å². The van der Waals surface area contributed by atoms with E-state index in [-0.39, 0.29) is 5.60 Å². The highest BCUT2D eigenvalue weighted by atomic mass is 16.5. The van der Waals surface area contributed by atoms with Crippen LogP contribution in [0.5, 0.6) is 5.75 Å². The van der Waals surface area contributed by atoms with E-state index in [4.69, 9.17) is 4.74 Å². The molecule has 14 heavy (non-hydrogen) atoms. The molecule has 1 aromatic rings. The van der Waals surface area contributed by atoms with Gasteiger partial charge in [0.1, 0.15) is 11.4 Å². The van der Waals surface area contributed by atoms with Gasteiger partial charge in [-0.3, -0.25) is 4.98 Å². The predicted octanol–water partition coefficient (Wildman–Crippen LogP) is 1.66. The van der Waals surface area contributed by atoms with Gasteiger partial charge in [0.2, 0.25) is 0 Å². The third kappa shape index (κ3) is 1.20. The average Bonchev–Trinajstić information content (AvgIpc) is 2.97. The largest absolute Gasteiger partial charge is 0.484 e. The summed E-state index contributed by atoms with van der Waals surface area (Å²) in [5.74, 6) is 0.961. The molecule has 1 N–H and O–H groups in total. The molecule has 2 aliphatic rings. The third-order valence-corrected chi connectivity index (χ3v) is 3.07. The van der Waals surface area contributed by atoms with E-state index in [0.29, 0.717) is 6.04 Å². The van der Waals surface area contributed by atoms with Crippen molar-refractivity contribution in [2.45, 2.75) is 31.4 Å². The van der Waals surface area contributed by atoms with Crippen molar-refractivity contribution in [2.75, 3.05) is 6.54 Å². The van der Waals surface area contributed by atoms with Crippen molar-refractivity contribution in [1.82, 2.24) is 10.3 Å². The molecule has 1 saturated carbocycles. The van der Waals surface area contributed by atoms with Gasteiger partial charge < -0.3 is 10.1 Å². The lowest BCUT2D eigenvalue weighted by atomic mass is 10.2. The van der Waals surface area contributed by atoms with Gasteiger partial charge >= 0.3 is 0 Å². The van der Waals surface area contributed by atoms with Gasteiger partial charge in [0.15, 0.2) is 0 Å². The molecule has 0 unspecified atom stereocenters. The highest BCUT2D eigenvalue weighted by Gasteiger charge is 2.47. The fraction of sp³-hybridized carbons (Fsp3) is 0.545. The summed E-state index contributed by atoms with van der Waals surface area (Å²) in [6.07, 6.45) is 4.16. The first-order valence-corrected chi connectivity index (χ1v) is 5.16. The smallest absolute Gasteiger partial charge is 0.143 e. The van der Waals surface area contributed by atoms with Crippen LogP contribution in [0, 0.1) is 0 Å². The summed E-state index contributed by atoms with van der Waals surface area (Å²) >= 11 is 0. The third-order valence-electron chi connectivity index (χ3n) is 3.07. The monoisotopic (exact) mass is 190 g/mol. The van der Waals surface area contributed by atoms with Crippen molar-refractivity contribution in [3.05, 3.63) is 24.0 Å². The number of nitrogens with one attached hydrogen (secondary N) is 1. The van der Waals surface area contributed by atoms with Gasteiger partial charge in [-0.05, 0) is 31.9 Å². The summed E-state index contributed by atoms with van der Waals surface area (Å²) in [5.41, 5.74) is 1.12. The SMILES string of the molecule is C[C@@H]1NCC2(CC2)Oc2cccnc21. The van der Waals surface area contributed by atoms with E-state index < -0.39 is 0 Å². The van der Waals surface area contributed by atoms with Gasteiger partial charge in [-0.2, -0.15) is 0 Å². The van der Waals surface area contributed by atoms with E-state index in [0.717, 1.165) is 18.0 Å². The number of pyridine rings is 1. The number of ether oxygens (including phenoxy) is 1. The molecule has 1 fully saturated rings. The molecule has 0 bridgehead atoms. The Bertz CT molecular complexity index is 360. The van der Waals surface area contributed by atoms with Crippen LogP contribution in [0.2, 0.25) is 0 Å². The fourth-order valence-corrected chi connectivity index (χ4v) is 1.94. The van der Waals surface area contributed by atoms with Gasteiger partial charge in [0.05, 0.1) is 11.7 Å². The van der Waals surface area contributed by atoms with Crippen LogP contribution in [-0.2, 0) is 0 Å². The minimum Gasteiger partial charge on any atom is -0.484 e. The van der Waals surface area contributed by atoms with Gasteiger partial charge in [-0.25, -0.2) is 0 Å². The molecule has 0 radical (unpaired) electrons. The maximum absolute atomic E-state index is 6.00. The minimum atomic E-state index is 0.0859. The lowest BCUT2D eigenvalue weighted by molar-refractivity contribution is 0.182. The van der Waals surface area contributed by atoms with Crippen LogP contribution >= 0.6 is 0 Å². The first-order valence-electron chi connectivity index (χ1n) is 5.16. The Balaban J connectivity index is 2.02. The Kier molecular flexibility index (Phi) is 1.59. The van der Waals surface area contributed by atoms with Crippen molar-refractivity contribution in [3.63, 3.8) is 0 Å². The average molecular weight is 190 g/mol. The van der Waals surface area contributed by atoms with Crippen molar-refractivity contribution in [2.24, 2.45) is 0 Å². The van der Waals surface area contributed by atoms with Gasteiger partial charge in [-0.1, -0.05) is 0 Å². The summed E-state index contributed by atoms with van der Waals surface area (Å²) in [4.78, 5) is 4.37. The number of fused-ring (bicyclic) bond motifs is 1. The number of rotatable bonds is 0. The summed E-state index contributed by atoms with van der Waals surface area (Å²) < 4.78 is 6.00. The van der Waals surface area contributed by atoms with Gasteiger partial charge in [-0.15, -0.1) is 0 Å². The van der Waals surface area contributed by atoms with Crippen molar-refractivity contribution >= 4 is 0 Å². The van der Waals surface area contributed by atoms with Gasteiger partial charge in [0, 0.05) is 12.7 Å². The number of aromatic nitrogens is 1. The standard InChI is InChI=1S/C11H14N2O/c1-8-10-9(3-2-6-12-10)14-11(4-5-11)7-13-8/h2-3,6,8,13H,4-5,7H2,1H3/t8-/m0/s1. The second-order valence-electron chi connectivity index (χ2n) is 4.27. The van der Waals surface area contributed by atoms with E-state index in [1.807, 2.05) is 18.3 Å². The quantitative estimate of drug-likeness (QED) is 0.675. The molecule has 3 nitrogen and oxygen atoms in total. The topological polar surface area (TPSA) is 34.1 Å². The van der Waals surface area contributed by atoms with Gasteiger partial charge in [0.25, 0.3) is 0 Å². The number of hydrogen-bond donors (Lipinski definition) is 1. The first kappa shape index (κ1) is 8.24. The van der Waals surface area contributed by atoms with E-state index in [1.165, 1.54) is 12.8 Å². The summed E-state index contributed by atoms with van der Waals surface area (Å²) in [6.45, 7) is 3.08. The Morgan fingerprint density at radius 2 is 2.43 bits per heavy atom. The Hall–Kier alpha value is -1.09. The van der Waals surface area contributed by atoms with Crippen LogP contribution < -0.4 is 10.1 Å². The Labute approximate surface area is 83.5 Å². The molecule has 0 aromatic carbocycles. The first-order chi connectivity index (χ1) is 6.79. The van der Waals surface area contributed by atoms with E-state index in [1.54, 1.807) is 0 Å². The van der Waals surface area contributed by atoms with Crippen molar-refractivity contribution in [1.29, 1.82) is 0 Å². The second kappa shape index (κ2) is 2.70. The Morgan fingerprint density at radius 1 is 1.57 bits per heavy atom. The molecule has 3 rings (SSSR count). The summed E-state index contributed by atoms with van der Waals surface area (Å²) in [6, 6.07) is 4.25. The van der Waals surface area contributed by atoms with E-state index in [2.05, 4.69) is 17.2 Å². The molecule has 1 aromatic heterocycles. The molecular formula is C11H14N2O. The molecule has 2 heterocycles. The summed E-state index contributed by atoms with van der Waals surface area (Å²) in [7, 11) is 0. The van der Waals surface area contributed by atoms with Crippen LogP contribution in [0.3, 0.4) is 0 Å². The molecule has 74 valence electrons. The van der Waals surface area contributed by atoms with Crippen LogP contribution in [0.1, 0.15) is 31.5 Å². The second-order valence-corrected chi connectivity index (χ2v) is 4.27. The molecule has 1 aliphatic carbocycles. The summed E-state index contributed by atoms with van der Waals surface area (Å²) in [5, 5.41) is 3.47. The molecule has 0 saturated heterocycles.